The third-order valence-corrected chi connectivity index (χ3v) is 4.89. The van der Waals surface area contributed by atoms with Gasteiger partial charge in [-0.1, -0.05) is 11.6 Å². The summed E-state index contributed by atoms with van der Waals surface area (Å²) in [6.07, 6.45) is 2.26. The number of carbonyl (C=O) groups excluding carboxylic acids is 1. The summed E-state index contributed by atoms with van der Waals surface area (Å²) in [7, 11) is 2.14. The van der Waals surface area contributed by atoms with E-state index in [1.807, 2.05) is 18.2 Å². The molecule has 1 amide bonds. The van der Waals surface area contributed by atoms with Gasteiger partial charge in [-0.15, -0.1) is 0 Å². The number of halogens is 1. The number of aromatic nitrogens is 2. The van der Waals surface area contributed by atoms with Crippen LogP contribution in [0.15, 0.2) is 18.2 Å². The zero-order valence-electron chi connectivity index (χ0n) is 14.7. The van der Waals surface area contributed by atoms with Gasteiger partial charge in [0.15, 0.2) is 0 Å². The molecular formula is C18H26ClN5O. The summed E-state index contributed by atoms with van der Waals surface area (Å²) in [6, 6.07) is 5.64. The van der Waals surface area contributed by atoms with Crippen molar-refractivity contribution in [2.45, 2.75) is 19.3 Å². The minimum Gasteiger partial charge on any atom is -0.356 e. The SMILES string of the molecule is CN1CCN(CCC(=O)NCCCc2nc3ccc(Cl)cc3[nH]2)CC1. The van der Waals surface area contributed by atoms with Crippen LogP contribution in [0, 0.1) is 0 Å². The first kappa shape index (κ1) is 18.2. The van der Waals surface area contributed by atoms with Crippen molar-refractivity contribution < 1.29 is 4.79 Å². The van der Waals surface area contributed by atoms with E-state index in [9.17, 15) is 4.79 Å². The molecular weight excluding hydrogens is 338 g/mol. The molecule has 1 aromatic carbocycles. The molecule has 7 heteroatoms. The maximum absolute atomic E-state index is 12.0. The number of imidazole rings is 1. The Morgan fingerprint density at radius 3 is 2.92 bits per heavy atom. The highest BCUT2D eigenvalue weighted by Crippen LogP contribution is 2.17. The van der Waals surface area contributed by atoms with Gasteiger partial charge in [0, 0.05) is 57.1 Å². The average molecular weight is 364 g/mol. The van der Waals surface area contributed by atoms with Crippen molar-refractivity contribution in [2.24, 2.45) is 0 Å². The van der Waals surface area contributed by atoms with Gasteiger partial charge in [-0.25, -0.2) is 4.98 Å². The minimum absolute atomic E-state index is 0.135. The van der Waals surface area contributed by atoms with Gasteiger partial charge in [-0.2, -0.15) is 0 Å². The van der Waals surface area contributed by atoms with Crippen LogP contribution in [0.5, 0.6) is 0 Å². The number of H-pyrrole nitrogens is 1. The second-order valence-corrected chi connectivity index (χ2v) is 7.13. The second-order valence-electron chi connectivity index (χ2n) is 6.69. The van der Waals surface area contributed by atoms with E-state index in [-0.39, 0.29) is 5.91 Å². The van der Waals surface area contributed by atoms with Gasteiger partial charge in [-0.05, 0) is 31.7 Å². The minimum atomic E-state index is 0.135. The molecule has 0 atom stereocenters. The van der Waals surface area contributed by atoms with Crippen LogP contribution in [0.2, 0.25) is 5.02 Å². The molecule has 0 saturated carbocycles. The normalized spacial score (nSPS) is 16.4. The number of likely N-dealkylation sites (N-methyl/N-ethyl adjacent to an activating group) is 1. The molecule has 3 rings (SSSR count). The summed E-state index contributed by atoms with van der Waals surface area (Å²) in [5, 5.41) is 3.71. The van der Waals surface area contributed by atoms with Gasteiger partial charge in [-0.3, -0.25) is 4.79 Å². The van der Waals surface area contributed by atoms with E-state index < -0.39 is 0 Å². The Bertz CT molecular complexity index is 709. The summed E-state index contributed by atoms with van der Waals surface area (Å²) < 4.78 is 0. The van der Waals surface area contributed by atoms with E-state index in [2.05, 4.69) is 32.1 Å². The van der Waals surface area contributed by atoms with Crippen molar-refractivity contribution in [1.82, 2.24) is 25.1 Å². The Hall–Kier alpha value is -1.63. The molecule has 1 aliphatic heterocycles. The third kappa shape index (κ3) is 5.42. The van der Waals surface area contributed by atoms with Gasteiger partial charge in [0.05, 0.1) is 11.0 Å². The lowest BCUT2D eigenvalue weighted by molar-refractivity contribution is -0.121. The highest BCUT2D eigenvalue weighted by Gasteiger charge is 2.14. The number of hydrogen-bond donors (Lipinski definition) is 2. The monoisotopic (exact) mass is 363 g/mol. The number of piperazine rings is 1. The van der Waals surface area contributed by atoms with Crippen molar-refractivity contribution in [3.05, 3.63) is 29.0 Å². The average Bonchev–Trinajstić information content (AvgIpc) is 3.00. The van der Waals surface area contributed by atoms with Crippen LogP contribution in [0.1, 0.15) is 18.7 Å². The number of carbonyl (C=O) groups is 1. The van der Waals surface area contributed by atoms with E-state index in [1.54, 1.807) is 0 Å². The molecule has 0 aliphatic carbocycles. The number of nitrogens with one attached hydrogen (secondary N) is 2. The zero-order valence-corrected chi connectivity index (χ0v) is 15.5. The quantitative estimate of drug-likeness (QED) is 0.737. The fraction of sp³-hybridized carbons (Fsp3) is 0.556. The smallest absolute Gasteiger partial charge is 0.221 e. The molecule has 0 spiro atoms. The molecule has 1 aliphatic rings. The van der Waals surface area contributed by atoms with Crippen LogP contribution in [-0.4, -0.2) is 72.0 Å². The van der Waals surface area contributed by atoms with Crippen molar-refractivity contribution >= 4 is 28.5 Å². The molecule has 2 N–H and O–H groups in total. The largest absolute Gasteiger partial charge is 0.356 e. The van der Waals surface area contributed by atoms with Crippen LogP contribution in [0.4, 0.5) is 0 Å². The van der Waals surface area contributed by atoms with E-state index in [1.165, 1.54) is 0 Å². The molecule has 25 heavy (non-hydrogen) atoms. The van der Waals surface area contributed by atoms with Crippen molar-refractivity contribution in [1.29, 1.82) is 0 Å². The van der Waals surface area contributed by atoms with E-state index >= 15 is 0 Å². The first-order valence-electron chi connectivity index (χ1n) is 8.92. The van der Waals surface area contributed by atoms with E-state index in [0.717, 1.165) is 62.4 Å². The Kier molecular flexibility index (Phi) is 6.29. The Morgan fingerprint density at radius 2 is 2.12 bits per heavy atom. The van der Waals surface area contributed by atoms with Gasteiger partial charge in [0.25, 0.3) is 0 Å². The highest BCUT2D eigenvalue weighted by atomic mass is 35.5. The number of hydrogen-bond acceptors (Lipinski definition) is 4. The van der Waals surface area contributed by atoms with Crippen molar-refractivity contribution in [2.75, 3.05) is 46.3 Å². The number of benzene rings is 1. The third-order valence-electron chi connectivity index (χ3n) is 4.66. The van der Waals surface area contributed by atoms with E-state index in [0.29, 0.717) is 18.0 Å². The topological polar surface area (TPSA) is 64.3 Å². The first-order chi connectivity index (χ1) is 12.1. The summed E-state index contributed by atoms with van der Waals surface area (Å²) in [5.41, 5.74) is 1.88. The lowest BCUT2D eigenvalue weighted by atomic mass is 10.2. The molecule has 0 radical (unpaired) electrons. The standard InChI is InChI=1S/C18H26ClN5O/c1-23-9-11-24(12-10-23)8-6-18(25)20-7-2-3-17-21-15-5-4-14(19)13-16(15)22-17/h4-5,13H,2-3,6-12H2,1H3,(H,20,25)(H,21,22). The molecule has 1 saturated heterocycles. The Balaban J connectivity index is 1.32. The lowest BCUT2D eigenvalue weighted by Crippen LogP contribution is -2.45. The van der Waals surface area contributed by atoms with Gasteiger partial charge in [0.1, 0.15) is 5.82 Å². The fourth-order valence-electron chi connectivity index (χ4n) is 3.06. The molecule has 1 fully saturated rings. The van der Waals surface area contributed by atoms with Crippen LogP contribution in [0.3, 0.4) is 0 Å². The second kappa shape index (κ2) is 8.65. The fourth-order valence-corrected chi connectivity index (χ4v) is 3.23. The Morgan fingerprint density at radius 1 is 1.32 bits per heavy atom. The first-order valence-corrected chi connectivity index (χ1v) is 9.30. The van der Waals surface area contributed by atoms with Gasteiger partial charge >= 0.3 is 0 Å². The molecule has 2 aromatic rings. The number of aryl methyl sites for hydroxylation is 1. The molecule has 2 heterocycles. The number of aromatic amines is 1. The predicted molar refractivity (Wildman–Crippen MR) is 101 cm³/mol. The Labute approximate surface area is 153 Å². The highest BCUT2D eigenvalue weighted by molar-refractivity contribution is 6.31. The van der Waals surface area contributed by atoms with Gasteiger partial charge in [0.2, 0.25) is 5.91 Å². The van der Waals surface area contributed by atoms with Crippen LogP contribution in [0.25, 0.3) is 11.0 Å². The number of rotatable bonds is 7. The maximum atomic E-state index is 12.0. The van der Waals surface area contributed by atoms with Gasteiger partial charge < -0.3 is 20.1 Å². The lowest BCUT2D eigenvalue weighted by Gasteiger charge is -2.32. The van der Waals surface area contributed by atoms with Crippen molar-refractivity contribution in [3.63, 3.8) is 0 Å². The molecule has 1 aromatic heterocycles. The molecule has 0 unspecified atom stereocenters. The zero-order chi connectivity index (χ0) is 17.6. The summed E-state index contributed by atoms with van der Waals surface area (Å²) >= 11 is 5.98. The summed E-state index contributed by atoms with van der Waals surface area (Å²) in [5.74, 6) is 1.07. The molecule has 0 bridgehead atoms. The number of nitrogens with zero attached hydrogens (tertiary/aromatic N) is 3. The van der Waals surface area contributed by atoms with Crippen LogP contribution in [-0.2, 0) is 11.2 Å². The maximum Gasteiger partial charge on any atom is 0.221 e. The van der Waals surface area contributed by atoms with Crippen LogP contribution < -0.4 is 5.32 Å². The summed E-state index contributed by atoms with van der Waals surface area (Å²) in [6.45, 7) is 5.82. The molecule has 6 nitrogen and oxygen atoms in total. The predicted octanol–water partition coefficient (Wildman–Crippen LogP) is 1.90. The number of fused-ring (bicyclic) bond motifs is 1. The van der Waals surface area contributed by atoms with Crippen molar-refractivity contribution in [3.8, 4) is 0 Å². The van der Waals surface area contributed by atoms with E-state index in [4.69, 9.17) is 11.6 Å². The van der Waals surface area contributed by atoms with Crippen LogP contribution >= 0.6 is 11.6 Å². The molecule has 136 valence electrons. The summed E-state index contributed by atoms with van der Waals surface area (Å²) in [4.78, 5) is 24.4. The number of amides is 1.